The number of carboxylic acids is 1. The number of carbonyl (C=O) groups excluding carboxylic acids is 2. The van der Waals surface area contributed by atoms with Gasteiger partial charge in [-0.1, -0.05) is 6.92 Å². The van der Waals surface area contributed by atoms with Crippen LogP contribution >= 0.6 is 11.8 Å². The van der Waals surface area contributed by atoms with Crippen molar-refractivity contribution in [3.8, 4) is 0 Å². The lowest BCUT2D eigenvalue weighted by Crippen LogP contribution is -2.63. The molecule has 4 heterocycles. The van der Waals surface area contributed by atoms with E-state index in [0.717, 1.165) is 25.9 Å². The number of aliphatic hydroxyl groups is 1. The molecule has 4 aliphatic heterocycles. The summed E-state index contributed by atoms with van der Waals surface area (Å²) < 4.78 is 0. The van der Waals surface area contributed by atoms with Crippen LogP contribution in [0.25, 0.3) is 0 Å². The van der Waals surface area contributed by atoms with Crippen LogP contribution in [-0.4, -0.2) is 80.9 Å². The SMILES string of the molecule is CC(O)C1C(=O)N2C(C(=O)O)=C(SC3CNC(C(=O)N4CCCC4)C3)C(C)[C@H]12. The molecule has 0 saturated carbocycles. The molecule has 154 valence electrons. The fourth-order valence-corrected chi connectivity index (χ4v) is 6.48. The molecule has 0 aliphatic carbocycles. The largest absolute Gasteiger partial charge is 0.477 e. The first kappa shape index (κ1) is 19.7. The molecule has 28 heavy (non-hydrogen) atoms. The maximum Gasteiger partial charge on any atom is 0.353 e. The third kappa shape index (κ3) is 3.04. The van der Waals surface area contributed by atoms with Crippen LogP contribution in [0.5, 0.6) is 0 Å². The van der Waals surface area contributed by atoms with E-state index in [9.17, 15) is 24.6 Å². The van der Waals surface area contributed by atoms with Gasteiger partial charge < -0.3 is 25.3 Å². The van der Waals surface area contributed by atoms with Crippen molar-refractivity contribution >= 4 is 29.5 Å². The minimum atomic E-state index is -1.11. The number of aliphatic carboxylic acids is 1. The number of β-lactam (4-membered cyclic amide) rings is 1. The Morgan fingerprint density at radius 3 is 2.57 bits per heavy atom. The number of thioether (sulfide) groups is 1. The second-order valence-corrected chi connectivity index (χ2v) is 9.58. The Morgan fingerprint density at radius 2 is 1.96 bits per heavy atom. The molecule has 6 atom stereocenters. The van der Waals surface area contributed by atoms with Crippen molar-refractivity contribution in [1.82, 2.24) is 15.1 Å². The number of carbonyl (C=O) groups is 3. The van der Waals surface area contributed by atoms with Crippen LogP contribution in [0.2, 0.25) is 0 Å². The number of hydrogen-bond acceptors (Lipinski definition) is 6. The van der Waals surface area contributed by atoms with E-state index >= 15 is 0 Å². The van der Waals surface area contributed by atoms with Crippen molar-refractivity contribution in [1.29, 1.82) is 0 Å². The molecule has 0 aromatic rings. The van der Waals surface area contributed by atoms with Gasteiger partial charge in [-0.2, -0.15) is 0 Å². The molecular formula is C19H27N3O5S. The number of fused-ring (bicyclic) bond motifs is 1. The van der Waals surface area contributed by atoms with Crippen molar-refractivity contribution in [2.24, 2.45) is 11.8 Å². The molecule has 0 aromatic heterocycles. The molecule has 3 fully saturated rings. The molecule has 5 unspecified atom stereocenters. The Hall–Kier alpha value is -1.58. The van der Waals surface area contributed by atoms with Gasteiger partial charge in [-0.05, 0) is 26.2 Å². The number of aliphatic hydroxyl groups excluding tert-OH is 1. The smallest absolute Gasteiger partial charge is 0.353 e. The van der Waals surface area contributed by atoms with Gasteiger partial charge in [0, 0.05) is 35.7 Å². The molecule has 4 aliphatic rings. The lowest BCUT2D eigenvalue weighted by Gasteiger charge is -2.46. The summed E-state index contributed by atoms with van der Waals surface area (Å²) in [7, 11) is 0. The Morgan fingerprint density at radius 1 is 1.29 bits per heavy atom. The van der Waals surface area contributed by atoms with Gasteiger partial charge in [0.2, 0.25) is 11.8 Å². The molecule has 0 radical (unpaired) electrons. The molecule has 2 amide bonds. The summed E-state index contributed by atoms with van der Waals surface area (Å²) in [6.45, 7) is 5.77. The zero-order chi connectivity index (χ0) is 20.2. The fourth-order valence-electron chi connectivity index (χ4n) is 5.00. The van der Waals surface area contributed by atoms with E-state index in [4.69, 9.17) is 0 Å². The predicted octanol–water partition coefficient (Wildman–Crippen LogP) is 0.226. The molecule has 0 spiro atoms. The monoisotopic (exact) mass is 409 g/mol. The topological polar surface area (TPSA) is 110 Å². The number of nitrogens with one attached hydrogen (secondary N) is 1. The summed E-state index contributed by atoms with van der Waals surface area (Å²) in [5.41, 5.74) is 0.0544. The second kappa shape index (κ2) is 7.35. The first-order chi connectivity index (χ1) is 13.3. The van der Waals surface area contributed by atoms with Crippen LogP contribution in [0, 0.1) is 11.8 Å². The quantitative estimate of drug-likeness (QED) is 0.558. The molecule has 8 nitrogen and oxygen atoms in total. The standard InChI is InChI=1S/C19H27N3O5S/c1-9-14-13(10(2)23)18(25)22(14)15(19(26)27)16(9)28-11-7-12(20-8-11)17(24)21-5-3-4-6-21/h9-14,20,23H,3-8H2,1-2H3,(H,26,27)/t9?,10?,11?,12?,13?,14-/m1/s1. The number of likely N-dealkylation sites (tertiary alicyclic amines) is 1. The predicted molar refractivity (Wildman–Crippen MR) is 103 cm³/mol. The summed E-state index contributed by atoms with van der Waals surface area (Å²) in [5.74, 6) is -1.97. The van der Waals surface area contributed by atoms with Gasteiger partial charge in [0.05, 0.1) is 24.1 Å². The van der Waals surface area contributed by atoms with Gasteiger partial charge in [-0.3, -0.25) is 9.59 Å². The number of carboxylic acid groups (broad SMARTS) is 1. The zero-order valence-corrected chi connectivity index (χ0v) is 16.9. The van der Waals surface area contributed by atoms with Crippen molar-refractivity contribution in [2.75, 3.05) is 19.6 Å². The summed E-state index contributed by atoms with van der Waals surface area (Å²) in [4.78, 5) is 40.9. The highest BCUT2D eigenvalue weighted by Gasteiger charge is 2.60. The minimum Gasteiger partial charge on any atom is -0.477 e. The first-order valence-corrected chi connectivity index (χ1v) is 10.9. The highest BCUT2D eigenvalue weighted by Crippen LogP contribution is 2.51. The third-order valence-corrected chi connectivity index (χ3v) is 7.92. The lowest BCUT2D eigenvalue weighted by molar-refractivity contribution is -0.163. The second-order valence-electron chi connectivity index (χ2n) is 8.24. The average molecular weight is 410 g/mol. The Bertz CT molecular complexity index is 733. The maximum atomic E-state index is 12.6. The Kier molecular flexibility index (Phi) is 5.18. The molecular weight excluding hydrogens is 382 g/mol. The fraction of sp³-hybridized carbons (Fsp3) is 0.737. The number of hydrogen-bond donors (Lipinski definition) is 3. The lowest BCUT2D eigenvalue weighted by atomic mass is 9.79. The molecule has 0 aromatic carbocycles. The minimum absolute atomic E-state index is 0.0544. The van der Waals surface area contributed by atoms with E-state index in [2.05, 4.69) is 5.32 Å². The average Bonchev–Trinajstić information content (AvgIpc) is 3.35. The van der Waals surface area contributed by atoms with Gasteiger partial charge >= 0.3 is 5.97 Å². The third-order valence-electron chi connectivity index (χ3n) is 6.41. The van der Waals surface area contributed by atoms with Crippen molar-refractivity contribution in [2.45, 2.75) is 56.5 Å². The summed E-state index contributed by atoms with van der Waals surface area (Å²) >= 11 is 1.48. The van der Waals surface area contributed by atoms with Gasteiger partial charge in [-0.15, -0.1) is 11.8 Å². The van der Waals surface area contributed by atoms with E-state index in [1.54, 1.807) is 6.92 Å². The number of amides is 2. The number of rotatable bonds is 5. The van der Waals surface area contributed by atoms with Crippen LogP contribution in [0.15, 0.2) is 10.6 Å². The molecule has 4 rings (SSSR count). The van der Waals surface area contributed by atoms with E-state index in [0.29, 0.717) is 17.9 Å². The van der Waals surface area contributed by atoms with E-state index < -0.39 is 18.0 Å². The van der Waals surface area contributed by atoms with Crippen LogP contribution < -0.4 is 5.32 Å². The van der Waals surface area contributed by atoms with Crippen LogP contribution in [0.4, 0.5) is 0 Å². The Balaban J connectivity index is 1.47. The van der Waals surface area contributed by atoms with Gasteiger partial charge in [0.25, 0.3) is 0 Å². The van der Waals surface area contributed by atoms with Crippen LogP contribution in [-0.2, 0) is 14.4 Å². The summed E-state index contributed by atoms with van der Waals surface area (Å²) in [6, 6.07) is -0.512. The number of nitrogens with zero attached hydrogens (tertiary/aromatic N) is 2. The molecule has 3 N–H and O–H groups in total. The normalized spacial score (nSPS) is 36.0. The zero-order valence-electron chi connectivity index (χ0n) is 16.1. The van der Waals surface area contributed by atoms with E-state index in [1.807, 2.05) is 11.8 Å². The van der Waals surface area contributed by atoms with E-state index in [1.165, 1.54) is 16.7 Å². The molecule has 0 bridgehead atoms. The van der Waals surface area contributed by atoms with Gasteiger partial charge in [0.15, 0.2) is 0 Å². The highest BCUT2D eigenvalue weighted by atomic mass is 32.2. The van der Waals surface area contributed by atoms with Gasteiger partial charge in [-0.25, -0.2) is 4.79 Å². The van der Waals surface area contributed by atoms with Crippen LogP contribution in [0.1, 0.15) is 33.1 Å². The summed E-state index contributed by atoms with van der Waals surface area (Å²) in [6.07, 6.45) is 1.96. The van der Waals surface area contributed by atoms with Crippen LogP contribution in [0.3, 0.4) is 0 Å². The summed E-state index contributed by atoms with van der Waals surface area (Å²) in [5, 5.41) is 23.0. The van der Waals surface area contributed by atoms with E-state index in [-0.39, 0.29) is 40.8 Å². The first-order valence-electron chi connectivity index (χ1n) is 9.98. The highest BCUT2D eigenvalue weighted by molar-refractivity contribution is 8.03. The molecule has 3 saturated heterocycles. The Labute approximate surface area is 168 Å². The van der Waals surface area contributed by atoms with Crippen molar-refractivity contribution < 1.29 is 24.6 Å². The maximum absolute atomic E-state index is 12.6. The van der Waals surface area contributed by atoms with Gasteiger partial charge in [0.1, 0.15) is 5.70 Å². The van der Waals surface area contributed by atoms with Crippen molar-refractivity contribution in [3.63, 3.8) is 0 Å². The van der Waals surface area contributed by atoms with Crippen molar-refractivity contribution in [3.05, 3.63) is 10.6 Å². The molecule has 9 heteroatoms.